The third kappa shape index (κ3) is 4.45. The van der Waals surface area contributed by atoms with Crippen LogP contribution < -0.4 is 0 Å². The van der Waals surface area contributed by atoms with Crippen LogP contribution in [0, 0.1) is 23.2 Å². The maximum absolute atomic E-state index is 12.6. The first-order chi connectivity index (χ1) is 12.9. The second-order valence-corrected chi connectivity index (χ2v) is 8.87. The Morgan fingerprint density at radius 1 is 1.26 bits per heavy atom. The van der Waals surface area contributed by atoms with E-state index in [0.717, 1.165) is 19.3 Å². The molecule has 0 unspecified atom stereocenters. The van der Waals surface area contributed by atoms with Gasteiger partial charge in [0.1, 0.15) is 6.10 Å². The summed E-state index contributed by atoms with van der Waals surface area (Å²) in [5, 5.41) is 9.48. The number of aliphatic hydroxyl groups is 1. The van der Waals surface area contributed by atoms with E-state index in [9.17, 15) is 9.90 Å². The fourth-order valence-corrected chi connectivity index (χ4v) is 5.57. The number of carbonyl (C=O) groups excluding carboxylic acids is 1. The van der Waals surface area contributed by atoms with Crippen LogP contribution in [-0.2, 0) is 4.74 Å². The maximum atomic E-state index is 12.6. The number of fused-ring (bicyclic) bond motifs is 1. The molecule has 2 aliphatic rings. The number of aliphatic hydroxyl groups excluding tert-OH is 1. The van der Waals surface area contributed by atoms with Gasteiger partial charge in [0.15, 0.2) is 0 Å². The van der Waals surface area contributed by atoms with Crippen LogP contribution in [0.25, 0.3) is 0 Å². The highest BCUT2D eigenvalue weighted by atomic mass is 16.5. The number of hydrogen-bond donors (Lipinski definition) is 1. The molecule has 2 fully saturated rings. The summed E-state index contributed by atoms with van der Waals surface area (Å²) >= 11 is 0. The standard InChI is InChI=1S/C24H34O3/c1-17(9-7-10-18(2)25)20-14-15-21-22(13-8-16-24(20,21)3)27-23(26)19-11-5-4-6-12-19/h4-7,9,11-12,17-18,20-22,25H,8,10,13-16H2,1-3H3/t17-,18-,20-,21+,22+,24-/m1/s1. The second kappa shape index (κ2) is 8.60. The number of allylic oxidation sites excluding steroid dienone is 1. The molecule has 2 saturated carbocycles. The molecule has 2 aliphatic carbocycles. The van der Waals surface area contributed by atoms with Crippen LogP contribution in [0.5, 0.6) is 0 Å². The van der Waals surface area contributed by atoms with Gasteiger partial charge >= 0.3 is 5.97 Å². The highest BCUT2D eigenvalue weighted by molar-refractivity contribution is 5.89. The largest absolute Gasteiger partial charge is 0.458 e. The van der Waals surface area contributed by atoms with Crippen LogP contribution >= 0.6 is 0 Å². The first-order valence-corrected chi connectivity index (χ1v) is 10.5. The topological polar surface area (TPSA) is 46.5 Å². The van der Waals surface area contributed by atoms with Gasteiger partial charge in [-0.3, -0.25) is 0 Å². The number of hydrogen-bond acceptors (Lipinski definition) is 3. The number of rotatable bonds is 6. The Hall–Kier alpha value is -1.61. The third-order valence-corrected chi connectivity index (χ3v) is 6.96. The minimum atomic E-state index is -0.281. The lowest BCUT2D eigenvalue weighted by molar-refractivity contribution is -0.0444. The Morgan fingerprint density at radius 2 is 2.00 bits per heavy atom. The number of esters is 1. The van der Waals surface area contributed by atoms with Crippen molar-refractivity contribution in [2.24, 2.45) is 23.2 Å². The molecule has 0 amide bonds. The molecule has 1 aromatic carbocycles. The van der Waals surface area contributed by atoms with Gasteiger partial charge < -0.3 is 9.84 Å². The van der Waals surface area contributed by atoms with E-state index >= 15 is 0 Å². The van der Waals surface area contributed by atoms with E-state index in [1.54, 1.807) is 0 Å². The SMILES string of the molecule is C[C@H](C=CC[C@@H](C)O)[C@H]1CC[C@H]2[C@@H](OC(=O)c3ccccc3)CCC[C@]12C. The van der Waals surface area contributed by atoms with Crippen LogP contribution in [0.3, 0.4) is 0 Å². The minimum Gasteiger partial charge on any atom is -0.458 e. The molecule has 0 heterocycles. The van der Waals surface area contributed by atoms with Gasteiger partial charge in [0, 0.05) is 5.92 Å². The average molecular weight is 371 g/mol. The van der Waals surface area contributed by atoms with Gasteiger partial charge in [-0.15, -0.1) is 0 Å². The van der Waals surface area contributed by atoms with Crippen molar-refractivity contribution in [1.29, 1.82) is 0 Å². The Labute approximate surface area is 163 Å². The molecule has 3 nitrogen and oxygen atoms in total. The van der Waals surface area contributed by atoms with E-state index in [4.69, 9.17) is 4.74 Å². The van der Waals surface area contributed by atoms with Gasteiger partial charge in [-0.25, -0.2) is 4.79 Å². The normalized spacial score (nSPS) is 32.8. The Balaban J connectivity index is 1.68. The summed E-state index contributed by atoms with van der Waals surface area (Å²) < 4.78 is 6.01. The van der Waals surface area contributed by atoms with Gasteiger partial charge in [-0.05, 0) is 74.8 Å². The molecule has 0 aliphatic heterocycles. The van der Waals surface area contributed by atoms with E-state index in [0.29, 0.717) is 29.7 Å². The second-order valence-electron chi connectivity index (χ2n) is 8.87. The van der Waals surface area contributed by atoms with E-state index in [1.165, 1.54) is 12.8 Å². The summed E-state index contributed by atoms with van der Waals surface area (Å²) in [6.07, 6.45) is 10.5. The van der Waals surface area contributed by atoms with Gasteiger partial charge in [0.05, 0.1) is 11.7 Å². The van der Waals surface area contributed by atoms with E-state index in [-0.39, 0.29) is 23.6 Å². The Morgan fingerprint density at radius 3 is 2.70 bits per heavy atom. The van der Waals surface area contributed by atoms with Crippen LogP contribution in [0.2, 0.25) is 0 Å². The molecule has 3 heteroatoms. The van der Waals surface area contributed by atoms with Crippen LogP contribution in [0.1, 0.15) is 69.7 Å². The number of carbonyl (C=O) groups is 1. The predicted octanol–water partition coefficient (Wildman–Crippen LogP) is 5.39. The average Bonchev–Trinajstić information content (AvgIpc) is 3.00. The fourth-order valence-electron chi connectivity index (χ4n) is 5.57. The number of benzene rings is 1. The fraction of sp³-hybridized carbons (Fsp3) is 0.625. The summed E-state index contributed by atoms with van der Waals surface area (Å²) in [4.78, 5) is 12.6. The van der Waals surface area contributed by atoms with E-state index in [1.807, 2.05) is 37.3 Å². The van der Waals surface area contributed by atoms with Crippen molar-refractivity contribution in [3.05, 3.63) is 48.0 Å². The molecule has 6 atom stereocenters. The summed E-state index contributed by atoms with van der Waals surface area (Å²) in [6, 6.07) is 9.35. The summed E-state index contributed by atoms with van der Waals surface area (Å²) in [5.41, 5.74) is 0.878. The van der Waals surface area contributed by atoms with Crippen LogP contribution in [-0.4, -0.2) is 23.3 Å². The summed E-state index contributed by atoms with van der Waals surface area (Å²) in [5.74, 6) is 1.38. The lowest BCUT2D eigenvalue weighted by Crippen LogP contribution is -2.43. The highest BCUT2D eigenvalue weighted by Gasteiger charge is 2.53. The molecule has 0 bridgehead atoms. The van der Waals surface area contributed by atoms with E-state index < -0.39 is 0 Å². The molecule has 0 spiro atoms. The molecular weight excluding hydrogens is 336 g/mol. The monoisotopic (exact) mass is 370 g/mol. The molecule has 1 N–H and O–H groups in total. The Bertz CT molecular complexity index is 651. The zero-order valence-corrected chi connectivity index (χ0v) is 16.9. The van der Waals surface area contributed by atoms with Gasteiger partial charge in [0.2, 0.25) is 0 Å². The van der Waals surface area contributed by atoms with Crippen molar-refractivity contribution in [2.45, 2.75) is 71.5 Å². The first kappa shape index (κ1) is 20.1. The van der Waals surface area contributed by atoms with Gasteiger partial charge in [-0.1, -0.05) is 44.2 Å². The van der Waals surface area contributed by atoms with Crippen molar-refractivity contribution in [1.82, 2.24) is 0 Å². The lowest BCUT2D eigenvalue weighted by Gasteiger charge is -2.45. The van der Waals surface area contributed by atoms with Crippen molar-refractivity contribution in [3.8, 4) is 0 Å². The summed E-state index contributed by atoms with van der Waals surface area (Å²) in [6.45, 7) is 6.54. The molecule has 27 heavy (non-hydrogen) atoms. The molecule has 148 valence electrons. The Kier molecular flexibility index (Phi) is 6.41. The van der Waals surface area contributed by atoms with E-state index in [2.05, 4.69) is 26.0 Å². The minimum absolute atomic E-state index is 0.0371. The van der Waals surface area contributed by atoms with Crippen molar-refractivity contribution >= 4 is 5.97 Å². The smallest absolute Gasteiger partial charge is 0.338 e. The lowest BCUT2D eigenvalue weighted by atomic mass is 9.62. The molecule has 3 rings (SSSR count). The molecule has 1 aromatic rings. The van der Waals surface area contributed by atoms with Crippen molar-refractivity contribution < 1.29 is 14.6 Å². The third-order valence-electron chi connectivity index (χ3n) is 6.96. The highest BCUT2D eigenvalue weighted by Crippen LogP contribution is 2.58. The summed E-state index contributed by atoms with van der Waals surface area (Å²) in [7, 11) is 0. The predicted molar refractivity (Wildman–Crippen MR) is 108 cm³/mol. The first-order valence-electron chi connectivity index (χ1n) is 10.5. The molecule has 0 saturated heterocycles. The van der Waals surface area contributed by atoms with Crippen LogP contribution in [0.15, 0.2) is 42.5 Å². The molecular formula is C24H34O3. The van der Waals surface area contributed by atoms with Crippen molar-refractivity contribution in [3.63, 3.8) is 0 Å². The number of ether oxygens (including phenoxy) is 1. The van der Waals surface area contributed by atoms with Gasteiger partial charge in [-0.2, -0.15) is 0 Å². The van der Waals surface area contributed by atoms with Crippen LogP contribution in [0.4, 0.5) is 0 Å². The molecule has 0 radical (unpaired) electrons. The zero-order valence-electron chi connectivity index (χ0n) is 16.9. The van der Waals surface area contributed by atoms with Crippen molar-refractivity contribution in [2.75, 3.05) is 0 Å². The molecule has 0 aromatic heterocycles. The maximum Gasteiger partial charge on any atom is 0.338 e. The zero-order chi connectivity index (χ0) is 19.4. The quantitative estimate of drug-likeness (QED) is 0.539. The van der Waals surface area contributed by atoms with Gasteiger partial charge in [0.25, 0.3) is 0 Å².